The van der Waals surface area contributed by atoms with Crippen molar-refractivity contribution in [2.24, 2.45) is 4.99 Å². The highest BCUT2D eigenvalue weighted by atomic mass is 19.1. The second kappa shape index (κ2) is 5.98. The second-order valence-corrected chi connectivity index (χ2v) is 5.24. The molecule has 3 heteroatoms. The van der Waals surface area contributed by atoms with E-state index in [1.165, 1.54) is 12.1 Å². The molecule has 0 saturated heterocycles. The van der Waals surface area contributed by atoms with Gasteiger partial charge < -0.3 is 4.57 Å². The highest BCUT2D eigenvalue weighted by Crippen LogP contribution is 2.20. The molecule has 0 atom stereocenters. The number of aromatic nitrogens is 1. The average molecular weight is 292 g/mol. The van der Waals surface area contributed by atoms with Crippen LogP contribution < -0.4 is 0 Å². The van der Waals surface area contributed by atoms with E-state index in [1.54, 1.807) is 18.3 Å². The maximum Gasteiger partial charge on any atom is 0.125 e. The molecule has 0 bridgehead atoms. The zero-order valence-electron chi connectivity index (χ0n) is 12.6. The number of nitrogens with zero attached hydrogens (tertiary/aromatic N) is 2. The minimum absolute atomic E-state index is 0.274. The van der Waals surface area contributed by atoms with E-state index < -0.39 is 0 Å². The molecule has 0 radical (unpaired) electrons. The molecule has 1 heterocycles. The van der Waals surface area contributed by atoms with Crippen molar-refractivity contribution >= 4 is 11.9 Å². The van der Waals surface area contributed by atoms with Crippen molar-refractivity contribution in [1.29, 1.82) is 0 Å². The van der Waals surface area contributed by atoms with E-state index in [2.05, 4.69) is 41.6 Å². The molecule has 3 aromatic rings. The first-order valence-corrected chi connectivity index (χ1v) is 7.19. The summed E-state index contributed by atoms with van der Waals surface area (Å²) in [7, 11) is 0. The standard InChI is InChI=1S/C19H17FN2/c1-14-11-16(13-21-18-8-6-7-17(20)12-18)15(2)22(14)19-9-4-3-5-10-19/h3-13H,1-2H3. The molecule has 0 aliphatic rings. The molecule has 0 saturated carbocycles. The van der Waals surface area contributed by atoms with Crippen molar-refractivity contribution in [2.75, 3.05) is 0 Å². The Balaban J connectivity index is 1.96. The van der Waals surface area contributed by atoms with Gasteiger partial charge in [0.1, 0.15) is 5.82 Å². The SMILES string of the molecule is Cc1cc(C=Nc2cccc(F)c2)c(C)n1-c1ccccc1. The Kier molecular flexibility index (Phi) is 3.88. The van der Waals surface area contributed by atoms with Gasteiger partial charge in [-0.1, -0.05) is 24.3 Å². The van der Waals surface area contributed by atoms with E-state index in [0.717, 1.165) is 22.6 Å². The zero-order chi connectivity index (χ0) is 15.5. The summed E-state index contributed by atoms with van der Waals surface area (Å²) in [5, 5.41) is 0. The summed E-state index contributed by atoms with van der Waals surface area (Å²) in [5.74, 6) is -0.274. The van der Waals surface area contributed by atoms with Crippen LogP contribution in [0.3, 0.4) is 0 Å². The number of para-hydroxylation sites is 1. The van der Waals surface area contributed by atoms with Crippen LogP contribution in [0, 0.1) is 19.7 Å². The lowest BCUT2D eigenvalue weighted by molar-refractivity contribution is 0.628. The molecule has 110 valence electrons. The molecule has 0 spiro atoms. The van der Waals surface area contributed by atoms with Crippen LogP contribution in [0.15, 0.2) is 65.7 Å². The molecule has 0 unspecified atom stereocenters. The molecule has 0 amide bonds. The third kappa shape index (κ3) is 2.84. The van der Waals surface area contributed by atoms with Crippen molar-refractivity contribution in [3.05, 3.63) is 83.4 Å². The lowest BCUT2D eigenvalue weighted by Gasteiger charge is -2.08. The maximum atomic E-state index is 13.2. The zero-order valence-corrected chi connectivity index (χ0v) is 12.6. The summed E-state index contributed by atoms with van der Waals surface area (Å²) >= 11 is 0. The van der Waals surface area contributed by atoms with Crippen LogP contribution in [0.25, 0.3) is 5.69 Å². The third-order valence-corrected chi connectivity index (χ3v) is 3.65. The highest BCUT2D eigenvalue weighted by Gasteiger charge is 2.08. The Hall–Kier alpha value is -2.68. The van der Waals surface area contributed by atoms with Crippen molar-refractivity contribution in [2.45, 2.75) is 13.8 Å². The van der Waals surface area contributed by atoms with Gasteiger partial charge in [-0.15, -0.1) is 0 Å². The van der Waals surface area contributed by atoms with Gasteiger partial charge in [-0.3, -0.25) is 4.99 Å². The number of rotatable bonds is 3. The van der Waals surface area contributed by atoms with E-state index in [4.69, 9.17) is 0 Å². The van der Waals surface area contributed by atoms with Crippen LogP contribution >= 0.6 is 0 Å². The molecule has 2 aromatic carbocycles. The van der Waals surface area contributed by atoms with Crippen molar-refractivity contribution in [3.8, 4) is 5.69 Å². The number of aryl methyl sites for hydroxylation is 1. The van der Waals surface area contributed by atoms with Crippen LogP contribution in [-0.2, 0) is 0 Å². The molecule has 0 aliphatic heterocycles. The van der Waals surface area contributed by atoms with Crippen LogP contribution in [0.1, 0.15) is 17.0 Å². The topological polar surface area (TPSA) is 17.3 Å². The first-order chi connectivity index (χ1) is 10.6. The predicted octanol–water partition coefficient (Wildman–Crippen LogP) is 4.98. The summed E-state index contributed by atoms with van der Waals surface area (Å²) < 4.78 is 15.4. The molecule has 22 heavy (non-hydrogen) atoms. The number of halogens is 1. The molecular formula is C19H17FN2. The monoisotopic (exact) mass is 292 g/mol. The molecule has 0 aliphatic carbocycles. The first kappa shape index (κ1) is 14.3. The maximum absolute atomic E-state index is 13.2. The van der Waals surface area contributed by atoms with Crippen LogP contribution in [0.4, 0.5) is 10.1 Å². The van der Waals surface area contributed by atoms with Crippen LogP contribution in [0.2, 0.25) is 0 Å². The number of benzene rings is 2. The van der Waals surface area contributed by atoms with Gasteiger partial charge in [0.25, 0.3) is 0 Å². The fourth-order valence-corrected chi connectivity index (χ4v) is 2.59. The van der Waals surface area contributed by atoms with Crippen molar-refractivity contribution < 1.29 is 4.39 Å². The summed E-state index contributed by atoms with van der Waals surface area (Å²) in [6.45, 7) is 4.13. The highest BCUT2D eigenvalue weighted by molar-refractivity contribution is 5.84. The summed E-state index contributed by atoms with van der Waals surface area (Å²) in [6.07, 6.45) is 1.79. The van der Waals surface area contributed by atoms with Crippen molar-refractivity contribution in [3.63, 3.8) is 0 Å². The van der Waals surface area contributed by atoms with Gasteiger partial charge in [-0.05, 0) is 50.2 Å². The molecular weight excluding hydrogens is 275 g/mol. The number of hydrogen-bond donors (Lipinski definition) is 0. The molecule has 0 fully saturated rings. The van der Waals surface area contributed by atoms with E-state index in [0.29, 0.717) is 5.69 Å². The quantitative estimate of drug-likeness (QED) is 0.605. The smallest absolute Gasteiger partial charge is 0.125 e. The van der Waals surface area contributed by atoms with E-state index in [-0.39, 0.29) is 5.82 Å². The Morgan fingerprint density at radius 1 is 0.955 bits per heavy atom. The fraction of sp³-hybridized carbons (Fsp3) is 0.105. The van der Waals surface area contributed by atoms with E-state index in [1.807, 2.05) is 18.2 Å². The van der Waals surface area contributed by atoms with Gasteiger partial charge in [-0.2, -0.15) is 0 Å². The average Bonchev–Trinajstić information content (AvgIpc) is 2.80. The van der Waals surface area contributed by atoms with Crippen LogP contribution in [-0.4, -0.2) is 10.8 Å². The van der Waals surface area contributed by atoms with Gasteiger partial charge in [0.2, 0.25) is 0 Å². The fourth-order valence-electron chi connectivity index (χ4n) is 2.59. The summed E-state index contributed by atoms with van der Waals surface area (Å²) in [6, 6.07) is 18.6. The Morgan fingerprint density at radius 2 is 1.73 bits per heavy atom. The van der Waals surface area contributed by atoms with E-state index in [9.17, 15) is 4.39 Å². The minimum atomic E-state index is -0.274. The number of hydrogen-bond acceptors (Lipinski definition) is 1. The molecule has 0 N–H and O–H groups in total. The van der Waals surface area contributed by atoms with Gasteiger partial charge in [0, 0.05) is 28.9 Å². The Bertz CT molecular complexity index is 817. The minimum Gasteiger partial charge on any atom is -0.318 e. The molecule has 1 aromatic heterocycles. The van der Waals surface area contributed by atoms with Crippen molar-refractivity contribution in [1.82, 2.24) is 4.57 Å². The second-order valence-electron chi connectivity index (χ2n) is 5.24. The largest absolute Gasteiger partial charge is 0.318 e. The molecule has 2 nitrogen and oxygen atoms in total. The summed E-state index contributed by atoms with van der Waals surface area (Å²) in [4.78, 5) is 4.37. The lowest BCUT2D eigenvalue weighted by Crippen LogP contribution is -1.98. The lowest BCUT2D eigenvalue weighted by atomic mass is 10.2. The van der Waals surface area contributed by atoms with E-state index >= 15 is 0 Å². The van der Waals surface area contributed by atoms with Gasteiger partial charge in [-0.25, -0.2) is 4.39 Å². The van der Waals surface area contributed by atoms with Gasteiger partial charge >= 0.3 is 0 Å². The Morgan fingerprint density at radius 3 is 2.45 bits per heavy atom. The van der Waals surface area contributed by atoms with Gasteiger partial charge in [0.15, 0.2) is 0 Å². The Labute approximate surface area is 129 Å². The first-order valence-electron chi connectivity index (χ1n) is 7.19. The number of aliphatic imine (C=N–C) groups is 1. The molecule has 3 rings (SSSR count). The van der Waals surface area contributed by atoms with Crippen LogP contribution in [0.5, 0.6) is 0 Å². The predicted molar refractivity (Wildman–Crippen MR) is 88.9 cm³/mol. The normalized spacial score (nSPS) is 11.2. The third-order valence-electron chi connectivity index (χ3n) is 3.65. The summed E-state index contributed by atoms with van der Waals surface area (Å²) in [5.41, 5.74) is 5.03. The van der Waals surface area contributed by atoms with Gasteiger partial charge in [0.05, 0.1) is 5.69 Å².